The number of carbonyl (C=O) groups is 2. The van der Waals surface area contributed by atoms with Crippen molar-refractivity contribution in [3.05, 3.63) is 47.5 Å². The molecule has 0 saturated carbocycles. The van der Waals surface area contributed by atoms with Crippen LogP contribution in [0.15, 0.2) is 30.5 Å². The number of aromatic nitrogens is 2. The van der Waals surface area contributed by atoms with E-state index in [0.29, 0.717) is 23.4 Å². The van der Waals surface area contributed by atoms with Gasteiger partial charge < -0.3 is 10.4 Å². The fourth-order valence-corrected chi connectivity index (χ4v) is 2.01. The molecule has 0 radical (unpaired) electrons. The minimum atomic E-state index is -0.894. The Bertz CT molecular complexity index is 680. The third kappa shape index (κ3) is 3.69. The maximum Gasteiger partial charge on any atom is 0.303 e. The van der Waals surface area contributed by atoms with Gasteiger partial charge in [0.1, 0.15) is 5.82 Å². The molecule has 1 amide bonds. The predicted molar refractivity (Wildman–Crippen MR) is 77.5 cm³/mol. The first kappa shape index (κ1) is 15.7. The Morgan fingerprint density at radius 1 is 1.32 bits per heavy atom. The van der Waals surface area contributed by atoms with Crippen LogP contribution in [0.5, 0.6) is 0 Å². The molecule has 0 unspecified atom stereocenters. The lowest BCUT2D eigenvalue weighted by atomic mass is 10.2. The smallest absolute Gasteiger partial charge is 0.303 e. The van der Waals surface area contributed by atoms with Crippen molar-refractivity contribution in [3.63, 3.8) is 0 Å². The first-order valence-corrected chi connectivity index (χ1v) is 6.79. The van der Waals surface area contributed by atoms with Crippen molar-refractivity contribution in [2.75, 3.05) is 6.54 Å². The van der Waals surface area contributed by atoms with Gasteiger partial charge in [0.05, 0.1) is 23.1 Å². The lowest BCUT2D eigenvalue weighted by Crippen LogP contribution is -2.25. The standard InChI is InChI=1S/C15H16FN3O3/c1-10-13(15(22)17-8-2-3-14(20)21)9-18-19(10)12-6-4-11(16)5-7-12/h4-7,9H,2-3,8H2,1H3,(H,17,22)(H,20,21). The van der Waals surface area contributed by atoms with E-state index < -0.39 is 5.97 Å². The molecule has 0 saturated heterocycles. The number of carbonyl (C=O) groups excluding carboxylic acids is 1. The predicted octanol–water partition coefficient (Wildman–Crippen LogP) is 1.91. The summed E-state index contributed by atoms with van der Waals surface area (Å²) in [7, 11) is 0. The second-order valence-corrected chi connectivity index (χ2v) is 4.79. The van der Waals surface area contributed by atoms with Gasteiger partial charge in [-0.05, 0) is 37.6 Å². The minimum Gasteiger partial charge on any atom is -0.481 e. The summed E-state index contributed by atoms with van der Waals surface area (Å²) in [4.78, 5) is 22.4. The van der Waals surface area contributed by atoms with Gasteiger partial charge in [0.25, 0.3) is 5.91 Å². The summed E-state index contributed by atoms with van der Waals surface area (Å²) in [6.07, 6.45) is 1.81. The average molecular weight is 305 g/mol. The molecule has 6 nitrogen and oxygen atoms in total. The number of nitrogens with one attached hydrogen (secondary N) is 1. The molecule has 0 aliphatic rings. The van der Waals surface area contributed by atoms with E-state index in [-0.39, 0.29) is 24.7 Å². The third-order valence-corrected chi connectivity index (χ3v) is 3.18. The number of hydrogen-bond acceptors (Lipinski definition) is 3. The van der Waals surface area contributed by atoms with Crippen LogP contribution in [0.4, 0.5) is 4.39 Å². The van der Waals surface area contributed by atoms with E-state index in [0.717, 1.165) is 0 Å². The van der Waals surface area contributed by atoms with Crippen LogP contribution in [0.1, 0.15) is 28.9 Å². The number of benzene rings is 1. The molecule has 1 heterocycles. The van der Waals surface area contributed by atoms with Crippen LogP contribution in [0.3, 0.4) is 0 Å². The van der Waals surface area contributed by atoms with E-state index in [1.54, 1.807) is 23.7 Å². The molecular formula is C15H16FN3O3. The van der Waals surface area contributed by atoms with Crippen LogP contribution in [-0.2, 0) is 4.79 Å². The number of aliphatic carboxylic acids is 1. The van der Waals surface area contributed by atoms with E-state index in [2.05, 4.69) is 10.4 Å². The summed E-state index contributed by atoms with van der Waals surface area (Å²) in [6, 6.07) is 5.79. The first-order chi connectivity index (χ1) is 10.5. The summed E-state index contributed by atoms with van der Waals surface area (Å²) in [5, 5.41) is 15.3. The summed E-state index contributed by atoms with van der Waals surface area (Å²) < 4.78 is 14.5. The molecule has 0 aliphatic carbocycles. The van der Waals surface area contributed by atoms with Crippen molar-refractivity contribution in [2.45, 2.75) is 19.8 Å². The maximum absolute atomic E-state index is 12.9. The Labute approximate surface area is 126 Å². The normalized spacial score (nSPS) is 10.5. The number of carboxylic acids is 1. The molecule has 2 N–H and O–H groups in total. The first-order valence-electron chi connectivity index (χ1n) is 6.79. The summed E-state index contributed by atoms with van der Waals surface area (Å²) in [6.45, 7) is 2.02. The van der Waals surface area contributed by atoms with Gasteiger partial charge in [-0.3, -0.25) is 9.59 Å². The molecule has 0 atom stereocenters. The lowest BCUT2D eigenvalue weighted by molar-refractivity contribution is -0.137. The van der Waals surface area contributed by atoms with Crippen LogP contribution >= 0.6 is 0 Å². The van der Waals surface area contributed by atoms with Crippen LogP contribution in [0.25, 0.3) is 5.69 Å². The molecule has 2 rings (SSSR count). The summed E-state index contributed by atoms with van der Waals surface area (Å²) in [5.74, 6) is -1.55. The number of carboxylic acid groups (broad SMARTS) is 1. The van der Waals surface area contributed by atoms with Gasteiger partial charge in [-0.25, -0.2) is 9.07 Å². The molecule has 0 bridgehead atoms. The molecule has 1 aromatic heterocycles. The lowest BCUT2D eigenvalue weighted by Gasteiger charge is -2.06. The quantitative estimate of drug-likeness (QED) is 0.799. The van der Waals surface area contributed by atoms with Gasteiger partial charge in [0.2, 0.25) is 0 Å². The third-order valence-electron chi connectivity index (χ3n) is 3.18. The SMILES string of the molecule is Cc1c(C(=O)NCCCC(=O)O)cnn1-c1ccc(F)cc1. The largest absolute Gasteiger partial charge is 0.481 e. The van der Waals surface area contributed by atoms with Gasteiger partial charge >= 0.3 is 5.97 Å². The van der Waals surface area contributed by atoms with E-state index in [1.165, 1.54) is 18.3 Å². The highest BCUT2D eigenvalue weighted by atomic mass is 19.1. The van der Waals surface area contributed by atoms with Gasteiger partial charge in [0, 0.05) is 13.0 Å². The topological polar surface area (TPSA) is 84.2 Å². The van der Waals surface area contributed by atoms with Crippen molar-refractivity contribution in [2.24, 2.45) is 0 Å². The van der Waals surface area contributed by atoms with E-state index in [9.17, 15) is 14.0 Å². The second kappa shape index (κ2) is 6.84. The molecule has 22 heavy (non-hydrogen) atoms. The highest BCUT2D eigenvalue weighted by Gasteiger charge is 2.14. The van der Waals surface area contributed by atoms with Crippen molar-refractivity contribution >= 4 is 11.9 Å². The summed E-state index contributed by atoms with van der Waals surface area (Å²) >= 11 is 0. The van der Waals surface area contributed by atoms with Gasteiger partial charge in [0.15, 0.2) is 0 Å². The van der Waals surface area contributed by atoms with E-state index in [1.807, 2.05) is 0 Å². The van der Waals surface area contributed by atoms with Crippen LogP contribution in [-0.4, -0.2) is 33.3 Å². The number of hydrogen-bond donors (Lipinski definition) is 2. The number of rotatable bonds is 6. The van der Waals surface area contributed by atoms with E-state index in [4.69, 9.17) is 5.11 Å². The molecule has 0 spiro atoms. The molecule has 7 heteroatoms. The fraction of sp³-hybridized carbons (Fsp3) is 0.267. The second-order valence-electron chi connectivity index (χ2n) is 4.79. The molecule has 116 valence electrons. The Hall–Kier alpha value is -2.70. The highest BCUT2D eigenvalue weighted by molar-refractivity contribution is 5.95. The number of amides is 1. The Kier molecular flexibility index (Phi) is 4.88. The molecular weight excluding hydrogens is 289 g/mol. The molecule has 0 aliphatic heterocycles. The molecule has 0 fully saturated rings. The molecule has 2 aromatic rings. The summed E-state index contributed by atoms with van der Waals surface area (Å²) in [5.41, 5.74) is 1.69. The van der Waals surface area contributed by atoms with Crippen molar-refractivity contribution in [3.8, 4) is 5.69 Å². The Morgan fingerprint density at radius 3 is 2.64 bits per heavy atom. The zero-order valence-electron chi connectivity index (χ0n) is 12.0. The Balaban J connectivity index is 2.05. The van der Waals surface area contributed by atoms with Crippen molar-refractivity contribution in [1.82, 2.24) is 15.1 Å². The Morgan fingerprint density at radius 2 is 2.00 bits per heavy atom. The fourth-order valence-electron chi connectivity index (χ4n) is 2.01. The maximum atomic E-state index is 12.9. The zero-order chi connectivity index (χ0) is 16.1. The zero-order valence-corrected chi connectivity index (χ0v) is 12.0. The van der Waals surface area contributed by atoms with Crippen LogP contribution in [0, 0.1) is 12.7 Å². The monoisotopic (exact) mass is 305 g/mol. The van der Waals surface area contributed by atoms with Crippen molar-refractivity contribution < 1.29 is 19.1 Å². The number of nitrogens with zero attached hydrogens (tertiary/aromatic N) is 2. The van der Waals surface area contributed by atoms with Gasteiger partial charge in [-0.15, -0.1) is 0 Å². The highest BCUT2D eigenvalue weighted by Crippen LogP contribution is 2.14. The number of halogens is 1. The van der Waals surface area contributed by atoms with Gasteiger partial charge in [-0.2, -0.15) is 5.10 Å². The average Bonchev–Trinajstić information content (AvgIpc) is 2.86. The minimum absolute atomic E-state index is 0.00804. The molecule has 1 aromatic carbocycles. The van der Waals surface area contributed by atoms with Crippen molar-refractivity contribution in [1.29, 1.82) is 0 Å². The van der Waals surface area contributed by atoms with E-state index >= 15 is 0 Å². The van der Waals surface area contributed by atoms with Crippen LogP contribution < -0.4 is 5.32 Å². The van der Waals surface area contributed by atoms with Crippen LogP contribution in [0.2, 0.25) is 0 Å². The van der Waals surface area contributed by atoms with Gasteiger partial charge in [-0.1, -0.05) is 0 Å².